The van der Waals surface area contributed by atoms with Gasteiger partial charge in [0.25, 0.3) is 5.69 Å². The number of hydrogen-bond donors (Lipinski definition) is 2. The molecule has 0 radical (unpaired) electrons. The minimum atomic E-state index is -0.559. The topological polar surface area (TPSA) is 101 Å². The predicted octanol–water partition coefficient (Wildman–Crippen LogP) is 2.55. The summed E-state index contributed by atoms with van der Waals surface area (Å²) in [5, 5.41) is 29.8. The van der Waals surface area contributed by atoms with Crippen molar-refractivity contribution in [1.29, 1.82) is 0 Å². The smallest absolute Gasteiger partial charge is 0.269 e. The molecule has 0 spiro atoms. The zero-order valence-corrected chi connectivity index (χ0v) is 10.5. The Bertz CT molecular complexity index is 691. The molecule has 0 amide bonds. The summed E-state index contributed by atoms with van der Waals surface area (Å²) in [6, 6.07) is 7.70. The molecule has 6 heteroatoms. The SMILES string of the molecule is Cc1c(O)ccc(C(=O)c2ccc([N+](=O)[O-])cc2)c1O. The molecule has 6 nitrogen and oxygen atoms in total. The number of nitro groups is 1. The molecule has 0 saturated heterocycles. The Hall–Kier alpha value is -2.89. The number of phenols is 2. The largest absolute Gasteiger partial charge is 0.508 e. The number of hydrogen-bond acceptors (Lipinski definition) is 5. The van der Waals surface area contributed by atoms with Gasteiger partial charge in [-0.1, -0.05) is 0 Å². The molecule has 0 aromatic heterocycles. The molecule has 0 atom stereocenters. The quantitative estimate of drug-likeness (QED) is 0.508. The van der Waals surface area contributed by atoms with Crippen LogP contribution >= 0.6 is 0 Å². The summed E-state index contributed by atoms with van der Waals surface area (Å²) in [6.07, 6.45) is 0. The summed E-state index contributed by atoms with van der Waals surface area (Å²) in [5.74, 6) is -0.878. The highest BCUT2D eigenvalue weighted by molar-refractivity contribution is 6.11. The highest BCUT2D eigenvalue weighted by atomic mass is 16.6. The van der Waals surface area contributed by atoms with Gasteiger partial charge in [-0.25, -0.2) is 0 Å². The first-order chi connectivity index (χ1) is 9.41. The summed E-state index contributed by atoms with van der Waals surface area (Å²) in [6.45, 7) is 1.48. The first-order valence-corrected chi connectivity index (χ1v) is 5.72. The number of nitro benzene ring substituents is 1. The lowest BCUT2D eigenvalue weighted by Gasteiger charge is -2.07. The normalized spacial score (nSPS) is 10.2. The van der Waals surface area contributed by atoms with Gasteiger partial charge >= 0.3 is 0 Å². The van der Waals surface area contributed by atoms with E-state index < -0.39 is 10.7 Å². The number of aromatic hydroxyl groups is 2. The number of nitrogens with zero attached hydrogens (tertiary/aromatic N) is 1. The zero-order chi connectivity index (χ0) is 14.9. The number of benzene rings is 2. The van der Waals surface area contributed by atoms with Crippen molar-refractivity contribution in [2.45, 2.75) is 6.92 Å². The Labute approximate surface area is 114 Å². The minimum absolute atomic E-state index is 0.0363. The number of non-ortho nitro benzene ring substituents is 1. The third kappa shape index (κ3) is 2.31. The lowest BCUT2D eigenvalue weighted by atomic mass is 9.99. The second kappa shape index (κ2) is 5.00. The van der Waals surface area contributed by atoms with Crippen molar-refractivity contribution in [2.24, 2.45) is 0 Å². The van der Waals surface area contributed by atoms with Crippen LogP contribution in [0.3, 0.4) is 0 Å². The molecule has 0 fully saturated rings. The van der Waals surface area contributed by atoms with Crippen LogP contribution in [0.15, 0.2) is 36.4 Å². The van der Waals surface area contributed by atoms with Gasteiger partial charge in [0.05, 0.1) is 10.5 Å². The molecule has 2 aromatic carbocycles. The van der Waals surface area contributed by atoms with Crippen LogP contribution in [0.25, 0.3) is 0 Å². The molecular weight excluding hydrogens is 262 g/mol. The van der Waals surface area contributed by atoms with Gasteiger partial charge in [0, 0.05) is 23.3 Å². The summed E-state index contributed by atoms with van der Waals surface area (Å²) >= 11 is 0. The molecule has 0 aliphatic rings. The van der Waals surface area contributed by atoms with E-state index in [1.165, 1.54) is 43.3 Å². The Morgan fingerprint density at radius 2 is 1.70 bits per heavy atom. The molecule has 20 heavy (non-hydrogen) atoms. The summed E-state index contributed by atoms with van der Waals surface area (Å²) in [7, 11) is 0. The first kappa shape index (κ1) is 13.5. The molecule has 0 unspecified atom stereocenters. The number of rotatable bonds is 3. The Morgan fingerprint density at radius 3 is 2.25 bits per heavy atom. The van der Waals surface area contributed by atoms with Crippen LogP contribution in [0, 0.1) is 17.0 Å². The maximum Gasteiger partial charge on any atom is 0.269 e. The highest BCUT2D eigenvalue weighted by Crippen LogP contribution is 2.31. The molecule has 0 bridgehead atoms. The fourth-order valence-electron chi connectivity index (χ4n) is 1.76. The summed E-state index contributed by atoms with van der Waals surface area (Å²) in [4.78, 5) is 22.2. The predicted molar refractivity (Wildman–Crippen MR) is 71.0 cm³/mol. The standard InChI is InChI=1S/C14H11NO5/c1-8-12(16)7-6-11(13(8)17)14(18)9-2-4-10(5-3-9)15(19)20/h2-7,16-17H,1H3. The summed E-state index contributed by atoms with van der Waals surface area (Å²) in [5.41, 5.74) is 0.343. The van der Waals surface area contributed by atoms with Crippen molar-refractivity contribution in [1.82, 2.24) is 0 Å². The second-order valence-corrected chi connectivity index (χ2v) is 4.24. The molecule has 0 saturated carbocycles. The van der Waals surface area contributed by atoms with Gasteiger partial charge in [0.1, 0.15) is 11.5 Å². The van der Waals surface area contributed by atoms with Crippen LogP contribution in [-0.4, -0.2) is 20.9 Å². The van der Waals surface area contributed by atoms with E-state index in [4.69, 9.17) is 0 Å². The summed E-state index contributed by atoms with van der Waals surface area (Å²) < 4.78 is 0. The van der Waals surface area contributed by atoms with Crippen molar-refractivity contribution >= 4 is 11.5 Å². The van der Waals surface area contributed by atoms with Crippen LogP contribution in [0.2, 0.25) is 0 Å². The Balaban J connectivity index is 2.41. The maximum absolute atomic E-state index is 12.2. The van der Waals surface area contributed by atoms with Gasteiger partial charge in [0.2, 0.25) is 0 Å². The van der Waals surface area contributed by atoms with Crippen LogP contribution < -0.4 is 0 Å². The van der Waals surface area contributed by atoms with Crippen molar-refractivity contribution < 1.29 is 19.9 Å². The van der Waals surface area contributed by atoms with Crippen molar-refractivity contribution in [3.05, 3.63) is 63.2 Å². The van der Waals surface area contributed by atoms with Gasteiger partial charge in [0.15, 0.2) is 5.78 Å². The van der Waals surface area contributed by atoms with E-state index in [1.807, 2.05) is 0 Å². The van der Waals surface area contributed by atoms with E-state index >= 15 is 0 Å². The molecule has 0 aliphatic heterocycles. The van der Waals surface area contributed by atoms with E-state index in [1.54, 1.807) is 0 Å². The molecule has 0 aliphatic carbocycles. The number of carbonyl (C=O) groups is 1. The highest BCUT2D eigenvalue weighted by Gasteiger charge is 2.17. The van der Waals surface area contributed by atoms with Gasteiger partial charge in [-0.3, -0.25) is 14.9 Å². The van der Waals surface area contributed by atoms with Crippen LogP contribution in [0.5, 0.6) is 11.5 Å². The van der Waals surface area contributed by atoms with Crippen LogP contribution in [-0.2, 0) is 0 Å². The number of ketones is 1. The fraction of sp³-hybridized carbons (Fsp3) is 0.0714. The van der Waals surface area contributed by atoms with E-state index in [9.17, 15) is 25.1 Å². The lowest BCUT2D eigenvalue weighted by Crippen LogP contribution is -2.02. The van der Waals surface area contributed by atoms with Gasteiger partial charge in [-0.15, -0.1) is 0 Å². The number of carbonyl (C=O) groups excluding carboxylic acids is 1. The molecule has 2 rings (SSSR count). The fourth-order valence-corrected chi connectivity index (χ4v) is 1.76. The van der Waals surface area contributed by atoms with Crippen molar-refractivity contribution in [3.63, 3.8) is 0 Å². The van der Waals surface area contributed by atoms with Gasteiger partial charge < -0.3 is 10.2 Å². The molecule has 0 heterocycles. The van der Waals surface area contributed by atoms with E-state index in [0.717, 1.165) is 0 Å². The Morgan fingerprint density at radius 1 is 1.10 bits per heavy atom. The van der Waals surface area contributed by atoms with E-state index in [0.29, 0.717) is 0 Å². The van der Waals surface area contributed by atoms with Gasteiger partial charge in [-0.2, -0.15) is 0 Å². The van der Waals surface area contributed by atoms with Crippen LogP contribution in [0.4, 0.5) is 5.69 Å². The van der Waals surface area contributed by atoms with Crippen LogP contribution in [0.1, 0.15) is 21.5 Å². The van der Waals surface area contributed by atoms with E-state index in [2.05, 4.69) is 0 Å². The second-order valence-electron chi connectivity index (χ2n) is 4.24. The Kier molecular flexibility index (Phi) is 3.39. The molecule has 2 N–H and O–H groups in total. The molecule has 102 valence electrons. The zero-order valence-electron chi connectivity index (χ0n) is 10.5. The third-order valence-corrected chi connectivity index (χ3v) is 2.99. The van der Waals surface area contributed by atoms with Crippen molar-refractivity contribution in [3.8, 4) is 11.5 Å². The number of phenolic OH excluding ortho intramolecular Hbond substituents is 2. The lowest BCUT2D eigenvalue weighted by molar-refractivity contribution is -0.384. The average Bonchev–Trinajstić information content (AvgIpc) is 2.44. The monoisotopic (exact) mass is 273 g/mol. The first-order valence-electron chi connectivity index (χ1n) is 5.72. The van der Waals surface area contributed by atoms with E-state index in [-0.39, 0.29) is 33.9 Å². The third-order valence-electron chi connectivity index (χ3n) is 2.99. The molecule has 2 aromatic rings. The van der Waals surface area contributed by atoms with Crippen molar-refractivity contribution in [2.75, 3.05) is 0 Å². The average molecular weight is 273 g/mol. The molecular formula is C14H11NO5. The minimum Gasteiger partial charge on any atom is -0.508 e. The maximum atomic E-state index is 12.2. The van der Waals surface area contributed by atoms with Gasteiger partial charge in [-0.05, 0) is 31.2 Å².